The van der Waals surface area contributed by atoms with Gasteiger partial charge >= 0.3 is 0 Å². The lowest BCUT2D eigenvalue weighted by Crippen LogP contribution is -2.48. The second-order valence-electron chi connectivity index (χ2n) is 3.75. The van der Waals surface area contributed by atoms with Crippen LogP contribution in [0.15, 0.2) is 6.20 Å². The molecule has 1 atom stereocenters. The second-order valence-corrected chi connectivity index (χ2v) is 4.09. The van der Waals surface area contributed by atoms with E-state index in [1.54, 1.807) is 6.20 Å². The fraction of sp³-hybridized carbons (Fsp3) is 0.600. The Kier molecular flexibility index (Phi) is 3.58. The third-order valence-corrected chi connectivity index (χ3v) is 2.81. The summed E-state index contributed by atoms with van der Waals surface area (Å²) in [6.45, 7) is 3.82. The Bertz CT molecular complexity index is 375. The molecule has 2 rings (SSSR count). The highest BCUT2D eigenvalue weighted by atomic mass is 35.5. The zero-order chi connectivity index (χ0) is 11.5. The molecule has 1 aliphatic rings. The van der Waals surface area contributed by atoms with Crippen LogP contribution in [-0.2, 0) is 4.74 Å². The number of hydrogen-bond acceptors (Lipinski definition) is 5. The number of nitrogens with zero attached hydrogens (tertiary/aromatic N) is 3. The van der Waals surface area contributed by atoms with Gasteiger partial charge in [0.15, 0.2) is 0 Å². The molecular formula is C10H14ClN3O2. The molecule has 6 heteroatoms. The first-order valence-corrected chi connectivity index (χ1v) is 5.54. The minimum absolute atomic E-state index is 0.0427. The molecule has 1 saturated heterocycles. The van der Waals surface area contributed by atoms with Gasteiger partial charge in [-0.2, -0.15) is 0 Å². The van der Waals surface area contributed by atoms with Crippen LogP contribution in [0.25, 0.3) is 0 Å². The normalized spacial score (nSPS) is 21.2. The number of morpholine rings is 1. The smallest absolute Gasteiger partial charge is 0.224 e. The Labute approximate surface area is 99.0 Å². The first-order chi connectivity index (χ1) is 7.72. The number of halogens is 1. The highest BCUT2D eigenvalue weighted by Crippen LogP contribution is 2.22. The Hall–Kier alpha value is -0.910. The lowest BCUT2D eigenvalue weighted by molar-refractivity contribution is 0.0722. The van der Waals surface area contributed by atoms with Crippen LogP contribution in [0, 0.1) is 6.92 Å². The van der Waals surface area contributed by atoms with Gasteiger partial charge in [0.2, 0.25) is 5.28 Å². The molecule has 0 radical (unpaired) electrons. The van der Waals surface area contributed by atoms with E-state index in [1.807, 2.05) is 11.8 Å². The maximum atomic E-state index is 9.28. The first-order valence-electron chi connectivity index (χ1n) is 5.16. The number of aliphatic hydroxyl groups is 1. The lowest BCUT2D eigenvalue weighted by atomic mass is 10.2. The van der Waals surface area contributed by atoms with Crippen LogP contribution in [0.4, 0.5) is 5.82 Å². The number of hydrogen-bond donors (Lipinski definition) is 1. The van der Waals surface area contributed by atoms with E-state index < -0.39 is 0 Å². The van der Waals surface area contributed by atoms with Gasteiger partial charge in [-0.1, -0.05) is 0 Å². The van der Waals surface area contributed by atoms with Crippen LogP contribution in [-0.4, -0.2) is 47.5 Å². The zero-order valence-corrected chi connectivity index (χ0v) is 9.81. The topological polar surface area (TPSA) is 58.5 Å². The van der Waals surface area contributed by atoms with Crippen molar-refractivity contribution in [3.8, 4) is 0 Å². The molecule has 1 fully saturated rings. The number of aliphatic hydroxyl groups excluding tert-OH is 1. The van der Waals surface area contributed by atoms with Crippen molar-refractivity contribution in [1.82, 2.24) is 9.97 Å². The van der Waals surface area contributed by atoms with E-state index in [0.717, 1.165) is 11.4 Å². The van der Waals surface area contributed by atoms with Crippen LogP contribution in [0.1, 0.15) is 5.56 Å². The van der Waals surface area contributed by atoms with Gasteiger partial charge in [-0.05, 0) is 18.5 Å². The maximum Gasteiger partial charge on any atom is 0.224 e. The standard InChI is InChI=1S/C10H14ClN3O2/c1-7-4-12-10(11)13-9(7)14-2-3-16-6-8(14)5-15/h4,8,15H,2-3,5-6H2,1H3. The highest BCUT2D eigenvalue weighted by molar-refractivity contribution is 6.28. The third-order valence-electron chi connectivity index (χ3n) is 2.63. The number of aryl methyl sites for hydroxylation is 1. The minimum Gasteiger partial charge on any atom is -0.394 e. The van der Waals surface area contributed by atoms with Crippen molar-refractivity contribution in [2.75, 3.05) is 31.3 Å². The monoisotopic (exact) mass is 243 g/mol. The van der Waals surface area contributed by atoms with Gasteiger partial charge in [0.1, 0.15) is 5.82 Å². The molecule has 0 saturated carbocycles. The molecule has 1 aromatic rings. The second kappa shape index (κ2) is 4.95. The summed E-state index contributed by atoms with van der Waals surface area (Å²) in [6, 6.07) is -0.0570. The number of rotatable bonds is 2. The molecule has 0 amide bonds. The van der Waals surface area contributed by atoms with Crippen molar-refractivity contribution >= 4 is 17.4 Å². The minimum atomic E-state index is -0.0570. The zero-order valence-electron chi connectivity index (χ0n) is 9.06. The van der Waals surface area contributed by atoms with E-state index in [2.05, 4.69) is 9.97 Å². The summed E-state index contributed by atoms with van der Waals surface area (Å²) in [6.07, 6.45) is 1.69. The Morgan fingerprint density at radius 2 is 2.50 bits per heavy atom. The molecule has 5 nitrogen and oxygen atoms in total. The highest BCUT2D eigenvalue weighted by Gasteiger charge is 2.25. The van der Waals surface area contributed by atoms with E-state index in [4.69, 9.17) is 16.3 Å². The molecule has 2 heterocycles. The molecular weight excluding hydrogens is 230 g/mol. The largest absolute Gasteiger partial charge is 0.394 e. The average Bonchev–Trinajstić information content (AvgIpc) is 2.32. The van der Waals surface area contributed by atoms with Crippen molar-refractivity contribution in [2.45, 2.75) is 13.0 Å². The van der Waals surface area contributed by atoms with E-state index in [9.17, 15) is 5.11 Å². The molecule has 0 aromatic carbocycles. The molecule has 88 valence electrons. The molecule has 1 unspecified atom stereocenters. The third kappa shape index (κ3) is 2.26. The molecule has 16 heavy (non-hydrogen) atoms. The Morgan fingerprint density at radius 1 is 1.69 bits per heavy atom. The van der Waals surface area contributed by atoms with Crippen LogP contribution in [0.2, 0.25) is 5.28 Å². The fourth-order valence-electron chi connectivity index (χ4n) is 1.79. The van der Waals surface area contributed by atoms with Crippen molar-refractivity contribution in [3.05, 3.63) is 17.0 Å². The van der Waals surface area contributed by atoms with Crippen molar-refractivity contribution in [1.29, 1.82) is 0 Å². The van der Waals surface area contributed by atoms with Crippen molar-refractivity contribution < 1.29 is 9.84 Å². The Morgan fingerprint density at radius 3 is 3.25 bits per heavy atom. The molecule has 0 spiro atoms. The number of anilines is 1. The van der Waals surface area contributed by atoms with Gasteiger partial charge in [0.25, 0.3) is 0 Å². The number of aromatic nitrogens is 2. The molecule has 1 aromatic heterocycles. The van der Waals surface area contributed by atoms with E-state index in [-0.39, 0.29) is 17.9 Å². The van der Waals surface area contributed by atoms with Crippen LogP contribution in [0.3, 0.4) is 0 Å². The van der Waals surface area contributed by atoms with Gasteiger partial charge in [-0.15, -0.1) is 0 Å². The molecule has 1 aliphatic heterocycles. The number of ether oxygens (including phenoxy) is 1. The summed E-state index contributed by atoms with van der Waals surface area (Å²) in [4.78, 5) is 10.1. The van der Waals surface area contributed by atoms with E-state index >= 15 is 0 Å². The summed E-state index contributed by atoms with van der Waals surface area (Å²) in [5, 5.41) is 9.51. The van der Waals surface area contributed by atoms with Gasteiger partial charge in [0, 0.05) is 18.3 Å². The average molecular weight is 244 g/mol. The molecule has 1 N–H and O–H groups in total. The predicted molar refractivity (Wildman–Crippen MR) is 60.8 cm³/mol. The van der Waals surface area contributed by atoms with E-state index in [1.165, 1.54) is 0 Å². The quantitative estimate of drug-likeness (QED) is 0.773. The molecule has 0 aliphatic carbocycles. The summed E-state index contributed by atoms with van der Waals surface area (Å²) < 4.78 is 5.32. The maximum absolute atomic E-state index is 9.28. The van der Waals surface area contributed by atoms with Crippen LogP contribution >= 0.6 is 11.6 Å². The summed E-state index contributed by atoms with van der Waals surface area (Å²) in [5.74, 6) is 0.780. The van der Waals surface area contributed by atoms with Crippen LogP contribution in [0.5, 0.6) is 0 Å². The molecule has 0 bridgehead atoms. The van der Waals surface area contributed by atoms with Crippen LogP contribution < -0.4 is 4.90 Å². The van der Waals surface area contributed by atoms with Gasteiger partial charge in [-0.25, -0.2) is 9.97 Å². The Balaban J connectivity index is 2.30. The summed E-state index contributed by atoms with van der Waals surface area (Å²) in [7, 11) is 0. The first kappa shape index (κ1) is 11.6. The van der Waals surface area contributed by atoms with Gasteiger partial charge in [-0.3, -0.25) is 0 Å². The summed E-state index contributed by atoms with van der Waals surface area (Å²) in [5.41, 5.74) is 0.949. The van der Waals surface area contributed by atoms with Gasteiger partial charge < -0.3 is 14.7 Å². The fourth-order valence-corrected chi connectivity index (χ4v) is 1.92. The van der Waals surface area contributed by atoms with E-state index in [0.29, 0.717) is 19.8 Å². The van der Waals surface area contributed by atoms with Gasteiger partial charge in [0.05, 0.1) is 25.9 Å². The van der Waals surface area contributed by atoms with Crippen molar-refractivity contribution in [3.63, 3.8) is 0 Å². The lowest BCUT2D eigenvalue weighted by Gasteiger charge is -2.36. The SMILES string of the molecule is Cc1cnc(Cl)nc1N1CCOCC1CO. The van der Waals surface area contributed by atoms with Crippen molar-refractivity contribution in [2.24, 2.45) is 0 Å². The predicted octanol–water partition coefficient (Wildman–Crippen LogP) is 0.636. The summed E-state index contributed by atoms with van der Waals surface area (Å²) >= 11 is 5.78.